The average Bonchev–Trinajstić information content (AvgIpc) is 2.84. The molecule has 1 fully saturated rings. The summed E-state index contributed by atoms with van der Waals surface area (Å²) >= 11 is 0. The van der Waals surface area contributed by atoms with Crippen molar-refractivity contribution in [2.45, 2.75) is 44.8 Å². The lowest BCUT2D eigenvalue weighted by molar-refractivity contribution is -0.134. The van der Waals surface area contributed by atoms with Crippen LogP contribution in [0, 0.1) is 5.41 Å². The van der Waals surface area contributed by atoms with Crippen LogP contribution in [0.2, 0.25) is 0 Å². The van der Waals surface area contributed by atoms with Crippen molar-refractivity contribution in [3.8, 4) is 0 Å². The molecule has 0 unspecified atom stereocenters. The van der Waals surface area contributed by atoms with Crippen molar-refractivity contribution in [2.24, 2.45) is 5.41 Å². The van der Waals surface area contributed by atoms with Gasteiger partial charge in [0.1, 0.15) is 0 Å². The van der Waals surface area contributed by atoms with Gasteiger partial charge in [-0.15, -0.1) is 0 Å². The number of fused-ring (bicyclic) bond motifs is 1. The Kier molecular flexibility index (Phi) is 4.00. The Labute approximate surface area is 125 Å². The molecule has 0 spiro atoms. The minimum Gasteiger partial charge on any atom is -0.390 e. The molecule has 1 amide bonds. The normalized spacial score (nSPS) is 27.1. The van der Waals surface area contributed by atoms with Gasteiger partial charge in [-0.3, -0.25) is 4.79 Å². The van der Waals surface area contributed by atoms with E-state index >= 15 is 0 Å². The Morgan fingerprint density at radius 2 is 2.10 bits per heavy atom. The lowest BCUT2D eigenvalue weighted by Gasteiger charge is -2.36. The molecule has 1 saturated heterocycles. The van der Waals surface area contributed by atoms with E-state index in [4.69, 9.17) is 0 Å². The summed E-state index contributed by atoms with van der Waals surface area (Å²) in [5, 5.41) is 16.7. The van der Waals surface area contributed by atoms with Crippen LogP contribution in [0.15, 0.2) is 24.3 Å². The van der Waals surface area contributed by atoms with E-state index in [0.717, 1.165) is 43.5 Å². The van der Waals surface area contributed by atoms with Gasteiger partial charge >= 0.3 is 0 Å². The third kappa shape index (κ3) is 2.58. The molecule has 1 aliphatic heterocycles. The van der Waals surface area contributed by atoms with Crippen molar-refractivity contribution in [2.75, 3.05) is 13.1 Å². The lowest BCUT2D eigenvalue weighted by atomic mass is 9.75. The second-order valence-electron chi connectivity index (χ2n) is 6.31. The van der Waals surface area contributed by atoms with Gasteiger partial charge in [-0.25, -0.2) is 0 Å². The molecule has 2 atom stereocenters. The summed E-state index contributed by atoms with van der Waals surface area (Å²) in [7, 11) is 0. The van der Waals surface area contributed by atoms with Crippen molar-refractivity contribution >= 4 is 5.91 Å². The highest BCUT2D eigenvalue weighted by atomic mass is 16.3. The van der Waals surface area contributed by atoms with Crippen molar-refractivity contribution in [1.29, 1.82) is 0 Å². The van der Waals surface area contributed by atoms with Crippen LogP contribution in [-0.2, 0) is 11.2 Å². The number of benzene rings is 1. The van der Waals surface area contributed by atoms with E-state index in [-0.39, 0.29) is 17.4 Å². The molecule has 0 aromatic heterocycles. The third-order valence-corrected chi connectivity index (χ3v) is 5.21. The average molecular weight is 288 g/mol. The zero-order chi connectivity index (χ0) is 14.9. The minimum atomic E-state index is -0.512. The van der Waals surface area contributed by atoms with Crippen molar-refractivity contribution < 1.29 is 9.90 Å². The first-order valence-electron chi connectivity index (χ1n) is 7.94. The topological polar surface area (TPSA) is 61.4 Å². The highest BCUT2D eigenvalue weighted by molar-refractivity contribution is 5.83. The number of carbonyl (C=O) groups is 1. The Morgan fingerprint density at radius 1 is 1.38 bits per heavy atom. The highest BCUT2D eigenvalue weighted by Gasteiger charge is 2.41. The molecule has 3 rings (SSSR count). The summed E-state index contributed by atoms with van der Waals surface area (Å²) < 4.78 is 0. The molecule has 1 aromatic rings. The van der Waals surface area contributed by atoms with Gasteiger partial charge < -0.3 is 15.7 Å². The first-order valence-corrected chi connectivity index (χ1v) is 7.94. The molecule has 3 N–H and O–H groups in total. The number of aliphatic hydroxyl groups excluding tert-OH is 1. The van der Waals surface area contributed by atoms with E-state index in [1.54, 1.807) is 0 Å². The molecule has 2 aliphatic rings. The van der Waals surface area contributed by atoms with Gasteiger partial charge in [0.2, 0.25) is 5.91 Å². The van der Waals surface area contributed by atoms with Gasteiger partial charge in [-0.1, -0.05) is 31.2 Å². The minimum absolute atomic E-state index is 0.104. The van der Waals surface area contributed by atoms with Gasteiger partial charge in [0.25, 0.3) is 0 Å². The molecule has 0 bridgehead atoms. The maximum absolute atomic E-state index is 12.8. The van der Waals surface area contributed by atoms with Gasteiger partial charge in [0, 0.05) is 6.42 Å². The van der Waals surface area contributed by atoms with Gasteiger partial charge in [0.15, 0.2) is 0 Å². The van der Waals surface area contributed by atoms with Crippen molar-refractivity contribution in [3.63, 3.8) is 0 Å². The molecule has 4 heteroatoms. The van der Waals surface area contributed by atoms with Crippen LogP contribution in [0.1, 0.15) is 43.4 Å². The molecule has 114 valence electrons. The second kappa shape index (κ2) is 5.78. The number of piperidine rings is 1. The summed E-state index contributed by atoms with van der Waals surface area (Å²) in [6.45, 7) is 3.88. The van der Waals surface area contributed by atoms with Crippen LogP contribution in [0.5, 0.6) is 0 Å². The molecule has 0 saturated carbocycles. The van der Waals surface area contributed by atoms with E-state index in [9.17, 15) is 9.90 Å². The fourth-order valence-corrected chi connectivity index (χ4v) is 3.69. The fraction of sp³-hybridized carbons (Fsp3) is 0.588. The van der Waals surface area contributed by atoms with E-state index in [1.807, 2.05) is 24.3 Å². The van der Waals surface area contributed by atoms with Crippen molar-refractivity contribution in [3.05, 3.63) is 35.4 Å². The summed E-state index contributed by atoms with van der Waals surface area (Å²) in [5.41, 5.74) is 1.94. The first kappa shape index (κ1) is 14.5. The van der Waals surface area contributed by atoms with E-state index in [2.05, 4.69) is 17.6 Å². The smallest absolute Gasteiger partial charge is 0.226 e. The summed E-state index contributed by atoms with van der Waals surface area (Å²) in [4.78, 5) is 12.8. The zero-order valence-electron chi connectivity index (χ0n) is 12.6. The molecule has 0 radical (unpaired) electrons. The standard InChI is InChI=1S/C17H24N2O2/c1-2-17(7-9-18-10-8-17)16(21)19-15-13-6-4-3-5-12(13)11-14(15)20/h3-6,14-15,18,20H,2,7-11H2,1H3,(H,19,21)/t14-,15+/m0/s1. The van der Waals surface area contributed by atoms with Crippen LogP contribution in [0.25, 0.3) is 0 Å². The second-order valence-corrected chi connectivity index (χ2v) is 6.31. The summed E-state index contributed by atoms with van der Waals surface area (Å²) in [6, 6.07) is 7.74. The molecule has 1 aliphatic carbocycles. The monoisotopic (exact) mass is 288 g/mol. The maximum Gasteiger partial charge on any atom is 0.226 e. The Bertz CT molecular complexity index is 523. The number of hydrogen-bond donors (Lipinski definition) is 3. The number of hydrogen-bond acceptors (Lipinski definition) is 3. The molecular formula is C17H24N2O2. The van der Waals surface area contributed by atoms with Crippen LogP contribution in [0.3, 0.4) is 0 Å². The van der Waals surface area contributed by atoms with Gasteiger partial charge in [-0.2, -0.15) is 0 Å². The Morgan fingerprint density at radius 3 is 2.81 bits per heavy atom. The maximum atomic E-state index is 12.8. The van der Waals surface area contributed by atoms with Gasteiger partial charge in [0.05, 0.1) is 17.6 Å². The Hall–Kier alpha value is -1.39. The van der Waals surface area contributed by atoms with Crippen LogP contribution < -0.4 is 10.6 Å². The zero-order valence-corrected chi connectivity index (χ0v) is 12.6. The number of amides is 1. The fourth-order valence-electron chi connectivity index (χ4n) is 3.69. The first-order chi connectivity index (χ1) is 10.2. The largest absolute Gasteiger partial charge is 0.390 e. The van der Waals surface area contributed by atoms with Crippen LogP contribution in [-0.4, -0.2) is 30.2 Å². The highest BCUT2D eigenvalue weighted by Crippen LogP contribution is 2.36. The quantitative estimate of drug-likeness (QED) is 0.790. The Balaban J connectivity index is 1.78. The van der Waals surface area contributed by atoms with E-state index in [1.165, 1.54) is 0 Å². The predicted molar refractivity (Wildman–Crippen MR) is 81.9 cm³/mol. The predicted octanol–water partition coefficient (Wildman–Crippen LogP) is 1.54. The SMILES string of the molecule is CCC1(C(=O)N[C@@H]2c3ccccc3C[C@@H]2O)CCNCC1. The number of rotatable bonds is 3. The van der Waals surface area contributed by atoms with Gasteiger partial charge in [-0.05, 0) is 43.5 Å². The summed E-state index contributed by atoms with van der Waals surface area (Å²) in [5.74, 6) is 0.104. The lowest BCUT2D eigenvalue weighted by Crippen LogP contribution is -2.49. The molecule has 1 aromatic carbocycles. The van der Waals surface area contributed by atoms with Crippen LogP contribution >= 0.6 is 0 Å². The van der Waals surface area contributed by atoms with E-state index in [0.29, 0.717) is 6.42 Å². The molecule has 21 heavy (non-hydrogen) atoms. The summed E-state index contributed by atoms with van der Waals surface area (Å²) in [6.07, 6.45) is 2.72. The van der Waals surface area contributed by atoms with E-state index < -0.39 is 6.10 Å². The van der Waals surface area contributed by atoms with Crippen molar-refractivity contribution in [1.82, 2.24) is 10.6 Å². The molecule has 4 nitrogen and oxygen atoms in total. The number of nitrogens with one attached hydrogen (secondary N) is 2. The third-order valence-electron chi connectivity index (χ3n) is 5.21. The van der Waals surface area contributed by atoms with Crippen LogP contribution in [0.4, 0.5) is 0 Å². The number of aliphatic hydroxyl groups is 1. The molecular weight excluding hydrogens is 264 g/mol. The molecule has 1 heterocycles. The number of carbonyl (C=O) groups excluding carboxylic acids is 1.